The van der Waals surface area contributed by atoms with Crippen molar-refractivity contribution in [2.75, 3.05) is 5.32 Å². The highest BCUT2D eigenvalue weighted by Gasteiger charge is 2.12. The molecule has 0 bridgehead atoms. The molecule has 0 unspecified atom stereocenters. The summed E-state index contributed by atoms with van der Waals surface area (Å²) in [6.07, 6.45) is 1.33. The maximum atomic E-state index is 13.2. The van der Waals surface area contributed by atoms with Gasteiger partial charge in [0.2, 0.25) is 0 Å². The Labute approximate surface area is 127 Å². The molecule has 108 valence electrons. The van der Waals surface area contributed by atoms with Gasteiger partial charge in [0, 0.05) is 5.56 Å². The molecule has 2 aromatic heterocycles. The molecule has 0 aliphatic rings. The van der Waals surface area contributed by atoms with Gasteiger partial charge in [-0.05, 0) is 36.4 Å². The van der Waals surface area contributed by atoms with Gasteiger partial charge in [0.25, 0.3) is 5.91 Å². The Morgan fingerprint density at radius 3 is 3.00 bits per heavy atom. The molecule has 2 heterocycles. The Hall–Kier alpha value is -2.80. The van der Waals surface area contributed by atoms with E-state index in [-0.39, 0.29) is 11.7 Å². The molecule has 5 nitrogen and oxygen atoms in total. The third-order valence-corrected chi connectivity index (χ3v) is 4.10. The second-order valence-corrected chi connectivity index (χ2v) is 5.65. The minimum atomic E-state index is -0.328. The smallest absolute Gasteiger partial charge is 0.257 e. The number of benzene rings is 2. The fourth-order valence-electron chi connectivity index (χ4n) is 2.12. The van der Waals surface area contributed by atoms with Crippen LogP contribution in [0.4, 0.5) is 9.52 Å². The molecule has 4 rings (SSSR count). The van der Waals surface area contributed by atoms with Gasteiger partial charge in [-0.1, -0.05) is 11.3 Å². The normalized spacial score (nSPS) is 11.1. The molecule has 0 saturated carbocycles. The summed E-state index contributed by atoms with van der Waals surface area (Å²) < 4.78 is 19.0. The number of amides is 1. The van der Waals surface area contributed by atoms with Gasteiger partial charge in [0.1, 0.15) is 11.3 Å². The fourth-order valence-corrected chi connectivity index (χ4v) is 3.01. The number of anilines is 1. The summed E-state index contributed by atoms with van der Waals surface area (Å²) in [5.74, 6) is -0.630. The van der Waals surface area contributed by atoms with Crippen LogP contribution >= 0.6 is 11.3 Å². The van der Waals surface area contributed by atoms with E-state index in [2.05, 4.69) is 15.3 Å². The van der Waals surface area contributed by atoms with Crippen LogP contribution in [0.2, 0.25) is 0 Å². The summed E-state index contributed by atoms with van der Waals surface area (Å²) in [6, 6.07) is 9.29. The standard InChI is InChI=1S/C15H8FN3O2S/c16-9-2-3-10-13(6-9)22-15(18-10)19-14(20)8-1-4-12-11(5-8)17-7-21-12/h1-7H,(H,18,19,20). The van der Waals surface area contributed by atoms with E-state index in [0.717, 1.165) is 0 Å². The van der Waals surface area contributed by atoms with Crippen LogP contribution < -0.4 is 5.32 Å². The molecule has 0 saturated heterocycles. The molecule has 0 fully saturated rings. The quantitative estimate of drug-likeness (QED) is 0.610. The molecule has 0 aliphatic carbocycles. The summed E-state index contributed by atoms with van der Waals surface area (Å²) in [5.41, 5.74) is 2.33. The highest BCUT2D eigenvalue weighted by molar-refractivity contribution is 7.22. The van der Waals surface area contributed by atoms with Crippen molar-refractivity contribution in [2.45, 2.75) is 0 Å². The minimum absolute atomic E-state index is 0.301. The Balaban J connectivity index is 1.64. The van der Waals surface area contributed by atoms with Gasteiger partial charge in [-0.3, -0.25) is 10.1 Å². The van der Waals surface area contributed by atoms with Crippen LogP contribution in [0.25, 0.3) is 21.3 Å². The van der Waals surface area contributed by atoms with Crippen LogP contribution in [0.5, 0.6) is 0 Å². The van der Waals surface area contributed by atoms with Gasteiger partial charge >= 0.3 is 0 Å². The SMILES string of the molecule is O=C(Nc1nc2ccc(F)cc2s1)c1ccc2ocnc2c1. The number of fused-ring (bicyclic) bond motifs is 2. The second-order valence-electron chi connectivity index (χ2n) is 4.62. The van der Waals surface area contributed by atoms with Crippen molar-refractivity contribution < 1.29 is 13.6 Å². The van der Waals surface area contributed by atoms with Gasteiger partial charge in [0.05, 0.1) is 10.2 Å². The highest BCUT2D eigenvalue weighted by Crippen LogP contribution is 2.27. The van der Waals surface area contributed by atoms with Gasteiger partial charge in [-0.25, -0.2) is 14.4 Å². The van der Waals surface area contributed by atoms with Crippen molar-refractivity contribution in [3.63, 3.8) is 0 Å². The predicted octanol–water partition coefficient (Wildman–Crippen LogP) is 3.83. The zero-order chi connectivity index (χ0) is 15.1. The van der Waals surface area contributed by atoms with Gasteiger partial charge in [-0.2, -0.15) is 0 Å². The van der Waals surface area contributed by atoms with Crippen LogP contribution in [-0.4, -0.2) is 15.9 Å². The van der Waals surface area contributed by atoms with Gasteiger partial charge in [-0.15, -0.1) is 0 Å². The number of hydrogen-bond donors (Lipinski definition) is 1. The molecule has 0 atom stereocenters. The van der Waals surface area contributed by atoms with Crippen LogP contribution in [-0.2, 0) is 0 Å². The Morgan fingerprint density at radius 1 is 1.18 bits per heavy atom. The van der Waals surface area contributed by atoms with Crippen LogP contribution in [0.3, 0.4) is 0 Å². The number of oxazole rings is 1. The molecule has 7 heteroatoms. The zero-order valence-corrected chi connectivity index (χ0v) is 11.9. The third-order valence-electron chi connectivity index (χ3n) is 3.16. The van der Waals surface area contributed by atoms with E-state index in [9.17, 15) is 9.18 Å². The van der Waals surface area contributed by atoms with E-state index in [1.165, 1.54) is 29.9 Å². The van der Waals surface area contributed by atoms with E-state index in [1.807, 2.05) is 0 Å². The van der Waals surface area contributed by atoms with Crippen molar-refractivity contribution in [2.24, 2.45) is 0 Å². The van der Waals surface area contributed by atoms with Gasteiger partial charge in [0.15, 0.2) is 17.1 Å². The lowest BCUT2D eigenvalue weighted by atomic mass is 10.2. The average Bonchev–Trinajstić information content (AvgIpc) is 3.11. The second kappa shape index (κ2) is 4.88. The molecule has 2 aromatic carbocycles. The first-order chi connectivity index (χ1) is 10.7. The first kappa shape index (κ1) is 12.9. The molecule has 0 aliphatic heterocycles. The van der Waals surface area contributed by atoms with Crippen LogP contribution in [0.1, 0.15) is 10.4 Å². The first-order valence-electron chi connectivity index (χ1n) is 6.40. The fraction of sp³-hybridized carbons (Fsp3) is 0. The molecule has 22 heavy (non-hydrogen) atoms. The lowest BCUT2D eigenvalue weighted by Crippen LogP contribution is -2.11. The first-order valence-corrected chi connectivity index (χ1v) is 7.21. The molecule has 0 radical (unpaired) electrons. The summed E-state index contributed by atoms with van der Waals surface area (Å²) in [6.45, 7) is 0. The zero-order valence-electron chi connectivity index (χ0n) is 11.0. The van der Waals surface area contributed by atoms with E-state index in [1.54, 1.807) is 24.3 Å². The summed E-state index contributed by atoms with van der Waals surface area (Å²) >= 11 is 1.22. The Bertz CT molecular complexity index is 1010. The number of nitrogens with one attached hydrogen (secondary N) is 1. The highest BCUT2D eigenvalue weighted by atomic mass is 32.1. The predicted molar refractivity (Wildman–Crippen MR) is 81.5 cm³/mol. The van der Waals surface area contributed by atoms with Crippen LogP contribution in [0, 0.1) is 5.82 Å². The van der Waals surface area contributed by atoms with E-state index < -0.39 is 0 Å². The third kappa shape index (κ3) is 2.21. The number of carbonyl (C=O) groups excluding carboxylic acids is 1. The molecule has 0 spiro atoms. The van der Waals surface area contributed by atoms with Crippen molar-refractivity contribution in [3.8, 4) is 0 Å². The summed E-state index contributed by atoms with van der Waals surface area (Å²) in [4.78, 5) is 20.5. The number of nitrogens with zero attached hydrogens (tertiary/aromatic N) is 2. The number of thiazole rings is 1. The largest absolute Gasteiger partial charge is 0.443 e. The Morgan fingerprint density at radius 2 is 2.09 bits per heavy atom. The molecule has 1 N–H and O–H groups in total. The van der Waals surface area contributed by atoms with Crippen LogP contribution in [0.15, 0.2) is 47.2 Å². The van der Waals surface area contributed by atoms with E-state index in [4.69, 9.17) is 4.42 Å². The number of halogens is 1. The minimum Gasteiger partial charge on any atom is -0.443 e. The number of hydrogen-bond acceptors (Lipinski definition) is 5. The van der Waals surface area contributed by atoms with E-state index in [0.29, 0.717) is 32.0 Å². The number of carbonyl (C=O) groups is 1. The van der Waals surface area contributed by atoms with Crippen molar-refractivity contribution in [1.29, 1.82) is 0 Å². The lowest BCUT2D eigenvalue weighted by molar-refractivity contribution is 0.102. The topological polar surface area (TPSA) is 68.0 Å². The van der Waals surface area contributed by atoms with Gasteiger partial charge < -0.3 is 4.42 Å². The molecular formula is C15H8FN3O2S. The molecular weight excluding hydrogens is 305 g/mol. The van der Waals surface area contributed by atoms with E-state index >= 15 is 0 Å². The maximum absolute atomic E-state index is 13.2. The van der Waals surface area contributed by atoms with Crippen molar-refractivity contribution >= 4 is 43.7 Å². The Kier molecular flexibility index (Phi) is 2.87. The lowest BCUT2D eigenvalue weighted by Gasteiger charge is -2.00. The molecule has 1 amide bonds. The number of rotatable bonds is 2. The number of aromatic nitrogens is 2. The monoisotopic (exact) mass is 313 g/mol. The van der Waals surface area contributed by atoms with Crippen molar-refractivity contribution in [3.05, 3.63) is 54.2 Å². The average molecular weight is 313 g/mol. The van der Waals surface area contributed by atoms with Crippen molar-refractivity contribution in [1.82, 2.24) is 9.97 Å². The summed E-state index contributed by atoms with van der Waals surface area (Å²) in [7, 11) is 0. The molecule has 4 aromatic rings. The maximum Gasteiger partial charge on any atom is 0.257 e. The summed E-state index contributed by atoms with van der Waals surface area (Å²) in [5, 5.41) is 3.13.